The lowest BCUT2D eigenvalue weighted by Gasteiger charge is -2.38. The van der Waals surface area contributed by atoms with Gasteiger partial charge in [0.1, 0.15) is 18.4 Å². The van der Waals surface area contributed by atoms with Crippen LogP contribution in [0.15, 0.2) is 41.8 Å². The summed E-state index contributed by atoms with van der Waals surface area (Å²) in [7, 11) is -2.93. The topological polar surface area (TPSA) is 100 Å². The number of alkyl halides is 3. The van der Waals surface area contributed by atoms with Crippen molar-refractivity contribution in [3.05, 3.63) is 64.0 Å². The number of hydrogen-bond acceptors (Lipinski definition) is 8. The highest BCUT2D eigenvalue weighted by molar-refractivity contribution is 7.91. The molecule has 0 radical (unpaired) electrons. The molecule has 2 unspecified atom stereocenters. The Balaban J connectivity index is 1.30. The average molecular weight is 638 g/mol. The maximum Gasteiger partial charge on any atom is 0.408 e. The zero-order valence-corrected chi connectivity index (χ0v) is 25.6. The highest BCUT2D eigenvalue weighted by atomic mass is 32.2. The zero-order chi connectivity index (χ0) is 30.9. The highest BCUT2D eigenvalue weighted by Crippen LogP contribution is 2.41. The number of ether oxygens (including phenoxy) is 1. The van der Waals surface area contributed by atoms with E-state index in [9.17, 15) is 31.5 Å². The van der Waals surface area contributed by atoms with E-state index < -0.39 is 40.4 Å². The van der Waals surface area contributed by atoms with Crippen molar-refractivity contribution in [2.24, 2.45) is 5.92 Å². The van der Waals surface area contributed by atoms with Crippen molar-refractivity contribution < 1.29 is 36.2 Å². The van der Waals surface area contributed by atoms with Crippen LogP contribution in [-0.4, -0.2) is 72.7 Å². The van der Waals surface area contributed by atoms with Gasteiger partial charge in [0, 0.05) is 37.1 Å². The number of sulfone groups is 1. The first-order chi connectivity index (χ1) is 20.3. The van der Waals surface area contributed by atoms with E-state index in [0.717, 1.165) is 33.6 Å². The van der Waals surface area contributed by atoms with Crippen LogP contribution in [0.25, 0.3) is 11.3 Å². The van der Waals surface area contributed by atoms with Crippen molar-refractivity contribution in [3.63, 3.8) is 0 Å². The Hall–Kier alpha value is -3.16. The van der Waals surface area contributed by atoms with Gasteiger partial charge in [0.05, 0.1) is 23.1 Å². The molecule has 0 bridgehead atoms. The van der Waals surface area contributed by atoms with Crippen LogP contribution in [0.4, 0.5) is 18.3 Å². The Morgan fingerprint density at radius 1 is 1.12 bits per heavy atom. The van der Waals surface area contributed by atoms with Gasteiger partial charge < -0.3 is 14.7 Å². The fourth-order valence-corrected chi connectivity index (χ4v) is 7.74. The van der Waals surface area contributed by atoms with Gasteiger partial charge in [0.2, 0.25) is 0 Å². The zero-order valence-electron chi connectivity index (χ0n) is 23.9. The van der Waals surface area contributed by atoms with Crippen LogP contribution < -0.4 is 9.64 Å². The van der Waals surface area contributed by atoms with Gasteiger partial charge in [0.25, 0.3) is 0 Å². The lowest BCUT2D eigenvalue weighted by molar-refractivity contribution is -0.161. The minimum Gasteiger partial charge on any atom is -0.488 e. The van der Waals surface area contributed by atoms with Crippen molar-refractivity contribution in [3.8, 4) is 17.0 Å². The third-order valence-electron chi connectivity index (χ3n) is 8.11. The standard InChI is InChI=1S/C30H34F3N3O5S2/c1-19-3-6-26(41-17-23-5-4-21(14-20(23)2)16-35-9-11-43(39,40)12-10-35)24(13-19)25-18-42-29(34-25)36-8-7-22(28(37)38)15-27(36)30(31,32)33/h3-6,13-14,18,22,27H,7-12,15-17H2,1-2H3,(H,37,38). The number of aromatic nitrogens is 1. The third kappa shape index (κ3) is 7.50. The van der Waals surface area contributed by atoms with Crippen molar-refractivity contribution in [1.82, 2.24) is 9.88 Å². The van der Waals surface area contributed by atoms with Crippen LogP contribution in [0.1, 0.15) is 35.1 Å². The molecule has 3 heterocycles. The van der Waals surface area contributed by atoms with E-state index in [4.69, 9.17) is 4.74 Å². The van der Waals surface area contributed by atoms with Crippen LogP contribution in [0.3, 0.4) is 0 Å². The molecule has 0 aliphatic carbocycles. The van der Waals surface area contributed by atoms with Crippen LogP contribution in [0, 0.1) is 19.8 Å². The van der Waals surface area contributed by atoms with Crippen molar-refractivity contribution in [2.45, 2.75) is 52.1 Å². The quantitative estimate of drug-likeness (QED) is 0.347. The first-order valence-electron chi connectivity index (χ1n) is 14.1. The molecule has 2 saturated heterocycles. The van der Waals surface area contributed by atoms with Gasteiger partial charge in [-0.15, -0.1) is 11.3 Å². The molecule has 2 aliphatic heterocycles. The number of piperidine rings is 1. The summed E-state index contributed by atoms with van der Waals surface area (Å²) in [4.78, 5) is 19.3. The molecule has 0 spiro atoms. The molecule has 2 aliphatic rings. The highest BCUT2D eigenvalue weighted by Gasteiger charge is 2.49. The molecule has 2 aromatic carbocycles. The molecule has 232 valence electrons. The third-order valence-corrected chi connectivity index (χ3v) is 10.6. The molecule has 0 amide bonds. The maximum absolute atomic E-state index is 13.9. The number of carboxylic acid groups (broad SMARTS) is 1. The number of carboxylic acids is 1. The second-order valence-electron chi connectivity index (χ2n) is 11.3. The molecule has 13 heteroatoms. The van der Waals surface area contributed by atoms with E-state index in [0.29, 0.717) is 36.6 Å². The van der Waals surface area contributed by atoms with Crippen molar-refractivity contribution in [1.29, 1.82) is 0 Å². The molecule has 5 rings (SSSR count). The van der Waals surface area contributed by atoms with Crippen LogP contribution in [0.5, 0.6) is 5.75 Å². The number of carbonyl (C=O) groups is 1. The minimum absolute atomic E-state index is 0.0442. The van der Waals surface area contributed by atoms with Gasteiger partial charge >= 0.3 is 12.1 Å². The Morgan fingerprint density at radius 2 is 1.86 bits per heavy atom. The number of anilines is 1. The second-order valence-corrected chi connectivity index (χ2v) is 14.4. The van der Waals surface area contributed by atoms with E-state index in [1.165, 1.54) is 4.90 Å². The smallest absolute Gasteiger partial charge is 0.408 e. The summed E-state index contributed by atoms with van der Waals surface area (Å²) in [6, 6.07) is 9.80. The Morgan fingerprint density at radius 3 is 2.53 bits per heavy atom. The normalized spacial score (nSPS) is 21.1. The van der Waals surface area contributed by atoms with Gasteiger partial charge in [0.15, 0.2) is 15.0 Å². The number of benzene rings is 2. The van der Waals surface area contributed by atoms with Gasteiger partial charge in [-0.1, -0.05) is 29.8 Å². The summed E-state index contributed by atoms with van der Waals surface area (Å²) >= 11 is 1.10. The lowest BCUT2D eigenvalue weighted by Crippen LogP contribution is -2.52. The van der Waals surface area contributed by atoms with E-state index in [1.807, 2.05) is 44.2 Å². The van der Waals surface area contributed by atoms with Gasteiger partial charge in [-0.3, -0.25) is 9.69 Å². The molecule has 1 aromatic heterocycles. The second kappa shape index (κ2) is 12.4. The van der Waals surface area contributed by atoms with E-state index in [-0.39, 0.29) is 36.2 Å². The molecule has 2 atom stereocenters. The number of halogens is 3. The van der Waals surface area contributed by atoms with E-state index >= 15 is 0 Å². The predicted molar refractivity (Wildman–Crippen MR) is 159 cm³/mol. The molecular weight excluding hydrogens is 603 g/mol. The summed E-state index contributed by atoms with van der Waals surface area (Å²) in [5.74, 6) is -1.33. The fourth-order valence-electron chi connectivity index (χ4n) is 5.56. The van der Waals surface area contributed by atoms with Gasteiger partial charge in [-0.2, -0.15) is 13.2 Å². The lowest BCUT2D eigenvalue weighted by atomic mass is 9.91. The molecule has 3 aromatic rings. The number of hydrogen-bond donors (Lipinski definition) is 1. The minimum atomic E-state index is -4.58. The van der Waals surface area contributed by atoms with Crippen LogP contribution >= 0.6 is 11.3 Å². The molecule has 0 saturated carbocycles. The Kier molecular flexibility index (Phi) is 9.05. The Bertz CT molecular complexity index is 1580. The van der Waals surface area contributed by atoms with Crippen molar-refractivity contribution >= 4 is 32.3 Å². The number of aliphatic carboxylic acids is 1. The summed E-state index contributed by atoms with van der Waals surface area (Å²) < 4.78 is 71.4. The van der Waals surface area contributed by atoms with Crippen molar-refractivity contribution in [2.75, 3.05) is 36.0 Å². The molecule has 8 nitrogen and oxygen atoms in total. The predicted octanol–water partition coefficient (Wildman–Crippen LogP) is 5.47. The summed E-state index contributed by atoms with van der Waals surface area (Å²) in [5.41, 5.74) is 5.21. The SMILES string of the molecule is Cc1ccc(OCc2ccc(CN3CCS(=O)(=O)CC3)cc2C)c(-c2csc(N3CCC(C(=O)O)CC3C(F)(F)F)n2)c1. The summed E-state index contributed by atoms with van der Waals surface area (Å²) in [5, 5.41) is 11.2. The number of aryl methyl sites for hydroxylation is 2. The summed E-state index contributed by atoms with van der Waals surface area (Å²) in [6.45, 7) is 5.87. The maximum atomic E-state index is 13.9. The monoisotopic (exact) mass is 637 g/mol. The average Bonchev–Trinajstić information content (AvgIpc) is 3.43. The first kappa shape index (κ1) is 31.3. The largest absolute Gasteiger partial charge is 0.488 e. The van der Waals surface area contributed by atoms with E-state index in [2.05, 4.69) is 16.0 Å². The molecular formula is C30H34F3N3O5S2. The fraction of sp³-hybridized carbons (Fsp3) is 0.467. The molecule has 43 heavy (non-hydrogen) atoms. The van der Waals surface area contributed by atoms with E-state index in [1.54, 1.807) is 5.38 Å². The van der Waals surface area contributed by atoms with Gasteiger partial charge in [-0.25, -0.2) is 13.4 Å². The number of thiazole rings is 1. The van der Waals surface area contributed by atoms with Gasteiger partial charge in [-0.05, 0) is 55.5 Å². The molecule has 1 N–H and O–H groups in total. The number of rotatable bonds is 8. The summed E-state index contributed by atoms with van der Waals surface area (Å²) in [6.07, 6.45) is -4.97. The number of nitrogens with zero attached hydrogens (tertiary/aromatic N) is 3. The first-order valence-corrected chi connectivity index (χ1v) is 16.8. The van der Waals surface area contributed by atoms with Crippen LogP contribution in [0.2, 0.25) is 0 Å². The Labute approximate surface area is 253 Å². The van der Waals surface area contributed by atoms with Crippen LogP contribution in [-0.2, 0) is 27.8 Å². The molecule has 2 fully saturated rings.